The van der Waals surface area contributed by atoms with Crippen LogP contribution in [0.4, 0.5) is 0 Å². The molecule has 1 amide bonds. The summed E-state index contributed by atoms with van der Waals surface area (Å²) in [5, 5.41) is 24.6. The van der Waals surface area contributed by atoms with Gasteiger partial charge in [0.2, 0.25) is 6.41 Å². The van der Waals surface area contributed by atoms with Crippen molar-refractivity contribution in [3.63, 3.8) is 0 Å². The molecule has 1 spiro atoms. The average molecular weight is 642 g/mol. The van der Waals surface area contributed by atoms with Crippen molar-refractivity contribution < 1.29 is 4.79 Å². The monoisotopic (exact) mass is 641 g/mol. The zero-order valence-corrected chi connectivity index (χ0v) is 27.6. The molecule has 0 bridgehead atoms. The first-order valence-corrected chi connectivity index (χ1v) is 16.2. The molecule has 3 aliphatic rings. The Morgan fingerprint density at radius 1 is 1.22 bits per heavy atom. The van der Waals surface area contributed by atoms with Gasteiger partial charge >= 0.3 is 0 Å². The first-order chi connectivity index (χ1) is 22.2. The number of benzene rings is 1. The molecule has 1 aromatic carbocycles. The van der Waals surface area contributed by atoms with Crippen LogP contribution in [0.2, 0.25) is 0 Å². The number of rotatable bonds is 10. The summed E-state index contributed by atoms with van der Waals surface area (Å²) in [5.74, 6) is -0.0780. The lowest BCUT2D eigenvalue weighted by atomic mass is 9.60. The predicted octanol–water partition coefficient (Wildman–Crippen LogP) is 4.47. The quantitative estimate of drug-likeness (QED) is 0.113. The van der Waals surface area contributed by atoms with Gasteiger partial charge in [0.25, 0.3) is 0 Å². The van der Waals surface area contributed by atoms with Crippen LogP contribution in [0.25, 0.3) is 28.2 Å². The summed E-state index contributed by atoms with van der Waals surface area (Å²) in [4.78, 5) is 16.4. The molecule has 240 valence electrons. The summed E-state index contributed by atoms with van der Waals surface area (Å²) in [7, 11) is 1.96. The molecule has 2 N–H and O–H groups in total. The zero-order valence-electron chi connectivity index (χ0n) is 26.9. The van der Waals surface area contributed by atoms with Crippen LogP contribution >= 0.6 is 11.6 Å². The van der Waals surface area contributed by atoms with Crippen LogP contribution in [0.3, 0.4) is 0 Å². The molecule has 2 aliphatic carbocycles. The molecule has 0 radical (unpaired) electrons. The van der Waals surface area contributed by atoms with Gasteiger partial charge in [0.1, 0.15) is 0 Å². The second-order valence-electron chi connectivity index (χ2n) is 13.4. The number of carbonyl (C=O) groups is 1. The molecular formula is C33H40ClN11O. The molecule has 3 aromatic heterocycles. The van der Waals surface area contributed by atoms with Crippen LogP contribution in [0, 0.1) is 12.3 Å². The molecule has 46 heavy (non-hydrogen) atoms. The van der Waals surface area contributed by atoms with Crippen molar-refractivity contribution in [2.24, 2.45) is 22.6 Å². The van der Waals surface area contributed by atoms with E-state index in [0.29, 0.717) is 17.9 Å². The fourth-order valence-corrected chi connectivity index (χ4v) is 8.03. The molecule has 2 atom stereocenters. The summed E-state index contributed by atoms with van der Waals surface area (Å²) in [6.07, 6.45) is 11.5. The molecule has 12 nitrogen and oxygen atoms in total. The molecule has 1 saturated carbocycles. The smallest absolute Gasteiger partial charge is 0.232 e. The van der Waals surface area contributed by atoms with E-state index in [-0.39, 0.29) is 17.3 Å². The second-order valence-corrected chi connectivity index (χ2v) is 13.8. The summed E-state index contributed by atoms with van der Waals surface area (Å²) < 4.78 is 4.06. The lowest BCUT2D eigenvalue weighted by Gasteiger charge is -2.61. The van der Waals surface area contributed by atoms with Crippen LogP contribution in [0.15, 0.2) is 46.3 Å². The number of aliphatic imine (C=N–C) groups is 1. The first kappa shape index (κ1) is 30.5. The van der Waals surface area contributed by atoms with Gasteiger partial charge in [-0.15, -0.1) is 11.6 Å². The number of aromatic nitrogens is 6. The third-order valence-electron chi connectivity index (χ3n) is 9.92. The third-order valence-corrected chi connectivity index (χ3v) is 10.5. The minimum absolute atomic E-state index is 0.0780. The van der Waals surface area contributed by atoms with Crippen LogP contribution in [-0.2, 0) is 18.5 Å². The maximum Gasteiger partial charge on any atom is 0.232 e. The van der Waals surface area contributed by atoms with Gasteiger partial charge < -0.3 is 0 Å². The number of aromatic amines is 1. The fraction of sp³-hybridized carbons (Fsp3) is 0.455. The number of allylic oxidation sites excluding steroid dienone is 1. The van der Waals surface area contributed by atoms with E-state index in [2.05, 4.69) is 97.5 Å². The number of H-pyrrole nitrogens is 1. The molecule has 2 fully saturated rings. The van der Waals surface area contributed by atoms with E-state index < -0.39 is 0 Å². The lowest BCUT2D eigenvalue weighted by Crippen LogP contribution is -2.68. The van der Waals surface area contributed by atoms with E-state index in [1.807, 2.05) is 24.1 Å². The highest BCUT2D eigenvalue weighted by atomic mass is 35.5. The van der Waals surface area contributed by atoms with Gasteiger partial charge in [-0.3, -0.25) is 24.2 Å². The van der Waals surface area contributed by atoms with Crippen molar-refractivity contribution in [1.82, 2.24) is 45.2 Å². The number of nitrogens with one attached hydrogen (secondary N) is 2. The Bertz CT molecular complexity index is 1850. The number of carbonyl (C=O) groups excluding carboxylic acids is 1. The molecule has 7 rings (SSSR count). The van der Waals surface area contributed by atoms with Gasteiger partial charge in [0.05, 0.1) is 53.8 Å². The van der Waals surface area contributed by atoms with Crippen LogP contribution in [-0.4, -0.2) is 89.1 Å². The summed E-state index contributed by atoms with van der Waals surface area (Å²) in [6.45, 7) is 11.4. The summed E-state index contributed by atoms with van der Waals surface area (Å²) in [6, 6.07) is 7.14. The zero-order chi connectivity index (χ0) is 32.2. The van der Waals surface area contributed by atoms with Crippen LogP contribution in [0.5, 0.6) is 0 Å². The number of likely N-dealkylation sites (tertiary alicyclic amines) is 1. The van der Waals surface area contributed by atoms with Crippen molar-refractivity contribution in [1.29, 1.82) is 0 Å². The Kier molecular flexibility index (Phi) is 7.90. The largest absolute Gasteiger partial charge is 0.283 e. The molecular weight excluding hydrogens is 602 g/mol. The predicted molar refractivity (Wildman–Crippen MR) is 181 cm³/mol. The maximum atomic E-state index is 10.4. The molecule has 4 aromatic rings. The second kappa shape index (κ2) is 11.9. The maximum absolute atomic E-state index is 10.4. The molecule has 1 saturated heterocycles. The number of hydrogen-bond acceptors (Lipinski definition) is 8. The summed E-state index contributed by atoms with van der Waals surface area (Å²) in [5.41, 5.74) is 12.0. The standard InChI is InChI=1S/C33H40ClN11O/c1-20(2)45(41-36-9-8-35-18-46)25-12-33(13-25)16-43(17-33)19-44-22(4)29(30-26-15-37-39-27(26)10-21(3)31(30)34)32(40-44)23-6-7-28-24(11-23)14-38-42(28)5/h6-11,14-15,18,20,25,30-31,41H,12-13,16-17,19H2,1-5H3,(H,37,39)/b35-8?,36-9-. The molecule has 1 aliphatic heterocycles. The Hall–Kier alpha value is -4.13. The number of amides is 1. The number of fused-ring (bicyclic) bond motifs is 2. The van der Waals surface area contributed by atoms with Gasteiger partial charge in [0, 0.05) is 65.9 Å². The Labute approximate surface area is 273 Å². The Balaban J connectivity index is 1.13. The van der Waals surface area contributed by atoms with Crippen molar-refractivity contribution >= 4 is 47.4 Å². The Morgan fingerprint density at radius 3 is 2.78 bits per heavy atom. The number of alkyl halides is 1. The number of hydrazone groups is 1. The number of halogens is 1. The van der Waals surface area contributed by atoms with Crippen molar-refractivity contribution in [2.45, 2.75) is 70.6 Å². The van der Waals surface area contributed by atoms with E-state index >= 15 is 0 Å². The highest BCUT2D eigenvalue weighted by Crippen LogP contribution is 2.51. The average Bonchev–Trinajstić information content (AvgIpc) is 3.70. The van der Waals surface area contributed by atoms with Crippen molar-refractivity contribution in [2.75, 3.05) is 13.1 Å². The topological polar surface area (TPSA) is 125 Å². The number of nitrogens with zero attached hydrogens (tertiary/aromatic N) is 9. The van der Waals surface area contributed by atoms with Gasteiger partial charge in [-0.2, -0.15) is 20.4 Å². The van der Waals surface area contributed by atoms with E-state index in [1.165, 1.54) is 12.4 Å². The fourth-order valence-electron chi connectivity index (χ4n) is 7.71. The number of aryl methyl sites for hydroxylation is 1. The van der Waals surface area contributed by atoms with Gasteiger partial charge in [-0.1, -0.05) is 11.6 Å². The normalized spacial score (nSPS) is 21.4. The van der Waals surface area contributed by atoms with E-state index in [9.17, 15) is 4.79 Å². The number of hydrogen-bond donors (Lipinski definition) is 2. The van der Waals surface area contributed by atoms with E-state index in [4.69, 9.17) is 16.7 Å². The van der Waals surface area contributed by atoms with Crippen LogP contribution in [0.1, 0.15) is 62.0 Å². The van der Waals surface area contributed by atoms with Crippen molar-refractivity contribution in [3.05, 3.63) is 58.7 Å². The molecule has 4 heterocycles. The SMILES string of the molecule is CC1=Cc2[nH]ncc2C(c2c(-c3ccc4c(cnn4C)c3)nn(CN3CC4(CC(N(N/N=C\C=NC=O)C(C)C)C4)C3)c2C)C1Cl. The first-order valence-electron chi connectivity index (χ1n) is 15.8. The lowest BCUT2D eigenvalue weighted by molar-refractivity contribution is -0.136. The van der Waals surface area contributed by atoms with Crippen molar-refractivity contribution in [3.8, 4) is 11.3 Å². The van der Waals surface area contributed by atoms with E-state index in [1.54, 1.807) is 0 Å². The highest BCUT2D eigenvalue weighted by Gasteiger charge is 2.54. The Morgan fingerprint density at radius 2 is 2.02 bits per heavy atom. The molecule has 2 unspecified atom stereocenters. The van der Waals surface area contributed by atoms with Gasteiger partial charge in [0.15, 0.2) is 0 Å². The summed E-state index contributed by atoms with van der Waals surface area (Å²) >= 11 is 7.21. The highest BCUT2D eigenvalue weighted by molar-refractivity contribution is 6.24. The molecule has 13 heteroatoms. The van der Waals surface area contributed by atoms with Gasteiger partial charge in [-0.25, -0.2) is 15.5 Å². The minimum Gasteiger partial charge on any atom is -0.283 e. The van der Waals surface area contributed by atoms with Gasteiger partial charge in [-0.05, 0) is 64.2 Å². The third kappa shape index (κ3) is 5.27. The minimum atomic E-state index is -0.208. The van der Waals surface area contributed by atoms with Crippen LogP contribution < -0.4 is 5.53 Å². The number of hydrazine groups is 1. The van der Waals surface area contributed by atoms with E-state index in [0.717, 1.165) is 82.8 Å².